The molecule has 1 fully saturated rings. The zero-order valence-electron chi connectivity index (χ0n) is 11.4. The van der Waals surface area contributed by atoms with E-state index in [2.05, 4.69) is 41.4 Å². The average Bonchev–Trinajstić information content (AvgIpc) is 2.83. The summed E-state index contributed by atoms with van der Waals surface area (Å²) in [5.74, 6) is 1.22. The van der Waals surface area contributed by atoms with Crippen LogP contribution in [0, 0.1) is 6.92 Å². The van der Waals surface area contributed by atoms with Crippen LogP contribution in [0.5, 0.6) is 0 Å². The highest BCUT2D eigenvalue weighted by molar-refractivity contribution is 5.76. The maximum atomic E-state index is 6.08. The highest BCUT2D eigenvalue weighted by atomic mass is 15.2. The molecule has 0 radical (unpaired) electrons. The van der Waals surface area contributed by atoms with Gasteiger partial charge < -0.3 is 5.73 Å². The third kappa shape index (κ3) is 2.37. The molecule has 3 rings (SSSR count). The molecule has 0 amide bonds. The summed E-state index contributed by atoms with van der Waals surface area (Å²) in [7, 11) is 0. The van der Waals surface area contributed by atoms with Crippen molar-refractivity contribution in [3.63, 3.8) is 0 Å². The smallest absolute Gasteiger partial charge is 0.153 e. The number of benzene rings is 1. The molecule has 1 heterocycles. The zero-order chi connectivity index (χ0) is 13.2. The molecule has 0 spiro atoms. The Morgan fingerprint density at radius 2 is 1.79 bits per heavy atom. The summed E-state index contributed by atoms with van der Waals surface area (Å²) in [5.41, 5.74) is 10.9. The number of H-pyrrole nitrogens is 1. The molecule has 1 aromatic carbocycles. The Hall–Kier alpha value is -1.77. The molecule has 0 aliphatic heterocycles. The number of anilines is 1. The summed E-state index contributed by atoms with van der Waals surface area (Å²) in [6, 6.07) is 8.55. The van der Waals surface area contributed by atoms with Crippen molar-refractivity contribution in [3.8, 4) is 11.1 Å². The van der Waals surface area contributed by atoms with Gasteiger partial charge in [-0.2, -0.15) is 5.10 Å². The molecule has 0 unspecified atom stereocenters. The van der Waals surface area contributed by atoms with Gasteiger partial charge in [-0.3, -0.25) is 5.10 Å². The van der Waals surface area contributed by atoms with Gasteiger partial charge in [-0.1, -0.05) is 49.1 Å². The van der Waals surface area contributed by atoms with Crippen LogP contribution >= 0.6 is 0 Å². The van der Waals surface area contributed by atoms with Crippen molar-refractivity contribution in [2.75, 3.05) is 5.73 Å². The first kappa shape index (κ1) is 12.3. The van der Waals surface area contributed by atoms with Gasteiger partial charge in [-0.25, -0.2) is 0 Å². The molecule has 0 bridgehead atoms. The van der Waals surface area contributed by atoms with Crippen molar-refractivity contribution >= 4 is 5.82 Å². The van der Waals surface area contributed by atoms with E-state index in [0.717, 1.165) is 5.56 Å². The van der Waals surface area contributed by atoms with Gasteiger partial charge in [0.1, 0.15) is 0 Å². The number of aromatic nitrogens is 2. The van der Waals surface area contributed by atoms with Crippen molar-refractivity contribution in [3.05, 3.63) is 35.5 Å². The lowest BCUT2D eigenvalue weighted by Crippen LogP contribution is -2.06. The summed E-state index contributed by atoms with van der Waals surface area (Å²) < 4.78 is 0. The molecule has 1 aliphatic carbocycles. The largest absolute Gasteiger partial charge is 0.382 e. The monoisotopic (exact) mass is 255 g/mol. The molecule has 3 nitrogen and oxygen atoms in total. The fourth-order valence-corrected chi connectivity index (χ4v) is 3.08. The molecule has 0 atom stereocenters. The molecule has 3 N–H and O–H groups in total. The van der Waals surface area contributed by atoms with E-state index in [9.17, 15) is 0 Å². The number of nitrogens with one attached hydrogen (secondary N) is 1. The highest BCUT2D eigenvalue weighted by Gasteiger charge is 2.23. The van der Waals surface area contributed by atoms with Crippen LogP contribution in [0.3, 0.4) is 0 Å². The van der Waals surface area contributed by atoms with Crippen LogP contribution in [0.1, 0.15) is 49.3 Å². The molecule has 1 saturated carbocycles. The Morgan fingerprint density at radius 3 is 2.47 bits per heavy atom. The molecule has 2 aromatic rings. The summed E-state index contributed by atoms with van der Waals surface area (Å²) in [4.78, 5) is 0. The molecule has 1 aliphatic rings. The molecule has 1 aromatic heterocycles. The maximum Gasteiger partial charge on any atom is 0.153 e. The number of nitrogen functional groups attached to an aromatic ring is 1. The second-order valence-corrected chi connectivity index (χ2v) is 5.60. The third-order valence-electron chi connectivity index (χ3n) is 4.18. The van der Waals surface area contributed by atoms with Gasteiger partial charge >= 0.3 is 0 Å². The van der Waals surface area contributed by atoms with Crippen molar-refractivity contribution in [1.82, 2.24) is 10.2 Å². The molecule has 0 saturated heterocycles. The van der Waals surface area contributed by atoms with E-state index >= 15 is 0 Å². The summed E-state index contributed by atoms with van der Waals surface area (Å²) in [6.07, 6.45) is 6.49. The van der Waals surface area contributed by atoms with Gasteiger partial charge in [0.05, 0.1) is 0 Å². The van der Waals surface area contributed by atoms with Crippen LogP contribution < -0.4 is 5.73 Å². The lowest BCUT2D eigenvalue weighted by molar-refractivity contribution is 0.437. The molecular weight excluding hydrogens is 234 g/mol. The first-order valence-corrected chi connectivity index (χ1v) is 7.16. The Balaban J connectivity index is 2.00. The minimum Gasteiger partial charge on any atom is -0.382 e. The fourth-order valence-electron chi connectivity index (χ4n) is 3.08. The Morgan fingerprint density at radius 1 is 1.11 bits per heavy atom. The van der Waals surface area contributed by atoms with E-state index in [1.54, 1.807) is 0 Å². The van der Waals surface area contributed by atoms with E-state index in [4.69, 9.17) is 5.73 Å². The van der Waals surface area contributed by atoms with Crippen LogP contribution in [0.15, 0.2) is 24.3 Å². The number of hydrogen-bond donors (Lipinski definition) is 2. The second kappa shape index (κ2) is 5.08. The molecule has 19 heavy (non-hydrogen) atoms. The van der Waals surface area contributed by atoms with Crippen LogP contribution in [-0.4, -0.2) is 10.2 Å². The number of nitrogens with zero attached hydrogens (tertiary/aromatic N) is 1. The van der Waals surface area contributed by atoms with Crippen molar-refractivity contribution < 1.29 is 0 Å². The predicted molar refractivity (Wildman–Crippen MR) is 79.0 cm³/mol. The van der Waals surface area contributed by atoms with Crippen LogP contribution in [-0.2, 0) is 0 Å². The van der Waals surface area contributed by atoms with Crippen molar-refractivity contribution in [2.24, 2.45) is 0 Å². The first-order chi connectivity index (χ1) is 9.25. The zero-order valence-corrected chi connectivity index (χ0v) is 11.4. The number of aromatic amines is 1. The quantitative estimate of drug-likeness (QED) is 0.851. The van der Waals surface area contributed by atoms with Crippen molar-refractivity contribution in [1.29, 1.82) is 0 Å². The van der Waals surface area contributed by atoms with Gasteiger partial charge in [-0.05, 0) is 25.3 Å². The number of nitrogens with two attached hydrogens (primary N) is 1. The van der Waals surface area contributed by atoms with E-state index in [0.29, 0.717) is 11.7 Å². The van der Waals surface area contributed by atoms with Crippen LogP contribution in [0.25, 0.3) is 11.1 Å². The lowest BCUT2D eigenvalue weighted by Gasteiger charge is -2.21. The summed E-state index contributed by atoms with van der Waals surface area (Å²) in [6.45, 7) is 2.10. The fraction of sp³-hybridized carbons (Fsp3) is 0.438. The minimum atomic E-state index is 0.592. The SMILES string of the molecule is Cc1ccc(-c2c(N)n[nH]c2C2CCCCC2)cc1. The Kier molecular flexibility index (Phi) is 3.28. The Bertz CT molecular complexity index is 548. The number of aryl methyl sites for hydroxylation is 1. The van der Waals surface area contributed by atoms with Crippen LogP contribution in [0.2, 0.25) is 0 Å². The van der Waals surface area contributed by atoms with Gasteiger partial charge in [0.25, 0.3) is 0 Å². The van der Waals surface area contributed by atoms with Gasteiger partial charge in [0.2, 0.25) is 0 Å². The first-order valence-electron chi connectivity index (χ1n) is 7.16. The number of hydrogen-bond acceptors (Lipinski definition) is 2. The highest BCUT2D eigenvalue weighted by Crippen LogP contribution is 2.39. The minimum absolute atomic E-state index is 0.592. The van der Waals surface area contributed by atoms with Gasteiger partial charge in [0.15, 0.2) is 5.82 Å². The summed E-state index contributed by atoms with van der Waals surface area (Å²) in [5, 5.41) is 7.43. The van der Waals surface area contributed by atoms with Gasteiger partial charge in [0, 0.05) is 17.2 Å². The van der Waals surface area contributed by atoms with E-state index in [-0.39, 0.29) is 0 Å². The van der Waals surface area contributed by atoms with Crippen molar-refractivity contribution in [2.45, 2.75) is 44.9 Å². The number of rotatable bonds is 2. The van der Waals surface area contributed by atoms with E-state index < -0.39 is 0 Å². The maximum absolute atomic E-state index is 6.08. The Labute approximate surface area is 114 Å². The molecular formula is C16H21N3. The normalized spacial score (nSPS) is 16.7. The topological polar surface area (TPSA) is 54.7 Å². The summed E-state index contributed by atoms with van der Waals surface area (Å²) >= 11 is 0. The standard InChI is InChI=1S/C16H21N3/c1-11-7-9-12(10-8-11)14-15(18-19-16(14)17)13-5-3-2-4-6-13/h7-10,13H,2-6H2,1H3,(H3,17,18,19). The predicted octanol–water partition coefficient (Wildman–Crippen LogP) is 4.02. The van der Waals surface area contributed by atoms with Gasteiger partial charge in [-0.15, -0.1) is 0 Å². The molecule has 100 valence electrons. The second-order valence-electron chi connectivity index (χ2n) is 5.60. The third-order valence-corrected chi connectivity index (χ3v) is 4.18. The molecule has 3 heteroatoms. The average molecular weight is 255 g/mol. The van der Waals surface area contributed by atoms with E-state index in [1.807, 2.05) is 0 Å². The lowest BCUT2D eigenvalue weighted by atomic mass is 9.84. The van der Waals surface area contributed by atoms with E-state index in [1.165, 1.54) is 48.9 Å². The van der Waals surface area contributed by atoms with Crippen LogP contribution in [0.4, 0.5) is 5.82 Å².